The molecule has 0 bridgehead atoms. The zero-order valence-electron chi connectivity index (χ0n) is 15.3. The molecule has 2 atom stereocenters. The molecule has 0 radical (unpaired) electrons. The molecule has 0 saturated carbocycles. The van der Waals surface area contributed by atoms with Crippen molar-refractivity contribution in [2.24, 2.45) is 4.99 Å². The van der Waals surface area contributed by atoms with Gasteiger partial charge in [-0.25, -0.2) is 8.42 Å². The largest absolute Gasteiger partial charge is 0.342 e. The molecule has 5 nitrogen and oxygen atoms in total. The van der Waals surface area contributed by atoms with Gasteiger partial charge in [-0.15, -0.1) is 0 Å². The van der Waals surface area contributed by atoms with E-state index in [0.717, 1.165) is 11.1 Å². The molecular weight excluding hydrogens is 451 g/mol. The normalized spacial score (nSPS) is 24.1. The maximum absolute atomic E-state index is 12.6. The van der Waals surface area contributed by atoms with E-state index in [1.807, 2.05) is 29.2 Å². The van der Waals surface area contributed by atoms with Crippen LogP contribution in [0.15, 0.2) is 53.5 Å². The van der Waals surface area contributed by atoms with Gasteiger partial charge in [0.2, 0.25) is 0 Å². The van der Waals surface area contributed by atoms with E-state index in [1.165, 1.54) is 11.8 Å². The molecule has 2 aliphatic rings. The van der Waals surface area contributed by atoms with Crippen molar-refractivity contribution in [1.82, 2.24) is 4.90 Å². The highest BCUT2D eigenvalue weighted by molar-refractivity contribution is 8.15. The van der Waals surface area contributed by atoms with Gasteiger partial charge in [0.1, 0.15) is 0 Å². The van der Waals surface area contributed by atoms with Crippen molar-refractivity contribution >= 4 is 55.9 Å². The first-order chi connectivity index (χ1) is 13.8. The third kappa shape index (κ3) is 4.79. The van der Waals surface area contributed by atoms with Gasteiger partial charge in [0, 0.05) is 21.8 Å². The summed E-state index contributed by atoms with van der Waals surface area (Å²) in [5.41, 5.74) is 1.70. The second-order valence-corrected chi connectivity index (χ2v) is 11.3. The number of carbonyl (C=O) groups excluding carboxylic acids is 1. The quantitative estimate of drug-likeness (QED) is 0.681. The number of fused-ring (bicyclic) bond motifs is 1. The summed E-state index contributed by atoms with van der Waals surface area (Å²) in [6, 6.07) is 14.4. The Morgan fingerprint density at radius 3 is 2.55 bits per heavy atom. The summed E-state index contributed by atoms with van der Waals surface area (Å²) in [6.07, 6.45) is 0.103. The maximum Gasteiger partial charge on any atom is 0.252 e. The van der Waals surface area contributed by atoms with Crippen LogP contribution in [0.3, 0.4) is 0 Å². The van der Waals surface area contributed by atoms with E-state index < -0.39 is 9.84 Å². The monoisotopic (exact) mass is 468 g/mol. The Morgan fingerprint density at radius 1 is 1.10 bits per heavy atom. The molecule has 0 aromatic heterocycles. The van der Waals surface area contributed by atoms with Crippen molar-refractivity contribution in [3.63, 3.8) is 0 Å². The minimum atomic E-state index is -3.08. The Bertz CT molecular complexity index is 1070. The van der Waals surface area contributed by atoms with Gasteiger partial charge >= 0.3 is 0 Å². The first-order valence-corrected chi connectivity index (χ1v) is 12.5. The van der Waals surface area contributed by atoms with Crippen molar-refractivity contribution in [2.75, 3.05) is 11.5 Å². The number of benzene rings is 2. The van der Waals surface area contributed by atoms with Gasteiger partial charge in [0.25, 0.3) is 5.91 Å². The molecule has 0 spiro atoms. The van der Waals surface area contributed by atoms with Crippen LogP contribution in [0.5, 0.6) is 0 Å². The number of hydrogen-bond acceptors (Lipinski definition) is 4. The van der Waals surface area contributed by atoms with E-state index in [-0.39, 0.29) is 35.1 Å². The molecule has 2 saturated heterocycles. The number of halogens is 2. The van der Waals surface area contributed by atoms with Gasteiger partial charge in [-0.05, 0) is 29.3 Å². The lowest BCUT2D eigenvalue weighted by molar-refractivity contribution is -0.117. The Labute approximate surface area is 184 Å². The van der Waals surface area contributed by atoms with Crippen LogP contribution in [0, 0.1) is 0 Å². The van der Waals surface area contributed by atoms with Crippen LogP contribution in [0.25, 0.3) is 0 Å². The summed E-state index contributed by atoms with van der Waals surface area (Å²) >= 11 is 13.5. The predicted molar refractivity (Wildman–Crippen MR) is 118 cm³/mol. The molecule has 2 aromatic carbocycles. The number of amidine groups is 1. The summed E-state index contributed by atoms with van der Waals surface area (Å²) in [6.45, 7) is 0.471. The highest BCUT2D eigenvalue weighted by Gasteiger charge is 2.48. The molecule has 2 fully saturated rings. The molecule has 152 valence electrons. The van der Waals surface area contributed by atoms with Crippen LogP contribution < -0.4 is 0 Å². The third-order valence-electron chi connectivity index (χ3n) is 4.96. The minimum Gasteiger partial charge on any atom is -0.342 e. The van der Waals surface area contributed by atoms with Gasteiger partial charge in [0.05, 0.1) is 24.0 Å². The van der Waals surface area contributed by atoms with Gasteiger partial charge < -0.3 is 4.90 Å². The average molecular weight is 469 g/mol. The lowest BCUT2D eigenvalue weighted by atomic mass is 10.1. The lowest BCUT2D eigenvalue weighted by Gasteiger charge is -2.24. The van der Waals surface area contributed by atoms with E-state index >= 15 is 0 Å². The topological polar surface area (TPSA) is 66.8 Å². The Balaban J connectivity index is 1.58. The smallest absolute Gasteiger partial charge is 0.252 e. The number of rotatable bonds is 4. The fourth-order valence-electron chi connectivity index (χ4n) is 3.56. The molecule has 0 unspecified atom stereocenters. The van der Waals surface area contributed by atoms with Crippen molar-refractivity contribution in [1.29, 1.82) is 0 Å². The van der Waals surface area contributed by atoms with Gasteiger partial charge in [0.15, 0.2) is 15.0 Å². The van der Waals surface area contributed by atoms with Crippen LogP contribution >= 0.6 is 35.0 Å². The van der Waals surface area contributed by atoms with Crippen molar-refractivity contribution in [3.8, 4) is 0 Å². The molecule has 2 aliphatic heterocycles. The molecule has 2 heterocycles. The molecule has 2 aromatic rings. The van der Waals surface area contributed by atoms with Crippen LogP contribution in [-0.2, 0) is 27.6 Å². The number of carbonyl (C=O) groups is 1. The van der Waals surface area contributed by atoms with E-state index in [9.17, 15) is 13.2 Å². The molecule has 29 heavy (non-hydrogen) atoms. The first kappa shape index (κ1) is 20.7. The van der Waals surface area contributed by atoms with E-state index in [4.69, 9.17) is 23.2 Å². The van der Waals surface area contributed by atoms with Crippen molar-refractivity contribution in [3.05, 3.63) is 69.7 Å². The highest BCUT2D eigenvalue weighted by Crippen LogP contribution is 2.39. The maximum atomic E-state index is 12.6. The Hall–Kier alpha value is -1.54. The van der Waals surface area contributed by atoms with Crippen LogP contribution in [-0.4, -0.2) is 47.2 Å². The number of amides is 1. The molecule has 0 N–H and O–H groups in total. The minimum absolute atomic E-state index is 0.0793. The Morgan fingerprint density at radius 2 is 1.83 bits per heavy atom. The summed E-state index contributed by atoms with van der Waals surface area (Å²) in [5.74, 6) is -0.114. The predicted octanol–water partition coefficient (Wildman–Crippen LogP) is 3.83. The fraction of sp³-hybridized carbons (Fsp3) is 0.300. The van der Waals surface area contributed by atoms with Crippen LogP contribution in [0.2, 0.25) is 10.0 Å². The summed E-state index contributed by atoms with van der Waals surface area (Å²) in [5, 5.41) is 1.62. The fourth-order valence-corrected chi connectivity index (χ4v) is 7.85. The lowest BCUT2D eigenvalue weighted by Crippen LogP contribution is -2.37. The zero-order chi connectivity index (χ0) is 20.6. The number of thioether (sulfide) groups is 1. The SMILES string of the molecule is O=C(Cc1ccccc1Cl)N=C1S[C@H]2CS(=O)(=O)C[C@@H]2N1Cc1ccc(Cl)cc1. The van der Waals surface area contributed by atoms with Crippen LogP contribution in [0.1, 0.15) is 11.1 Å². The Kier molecular flexibility index (Phi) is 5.93. The molecule has 4 rings (SSSR count). The average Bonchev–Trinajstić information content (AvgIpc) is 3.11. The highest BCUT2D eigenvalue weighted by atomic mass is 35.5. The first-order valence-electron chi connectivity index (χ1n) is 9.04. The van der Waals surface area contributed by atoms with Gasteiger partial charge in [-0.2, -0.15) is 4.99 Å². The van der Waals surface area contributed by atoms with E-state index in [0.29, 0.717) is 21.8 Å². The second-order valence-electron chi connectivity index (χ2n) is 7.11. The molecular formula is C20H18Cl2N2O3S2. The molecule has 9 heteroatoms. The summed E-state index contributed by atoms with van der Waals surface area (Å²) < 4.78 is 24.2. The zero-order valence-corrected chi connectivity index (χ0v) is 18.4. The van der Waals surface area contributed by atoms with E-state index in [1.54, 1.807) is 24.3 Å². The molecule has 1 amide bonds. The number of nitrogens with zero attached hydrogens (tertiary/aromatic N) is 2. The second kappa shape index (κ2) is 8.30. The standard InChI is InChI=1S/C20H18Cl2N2O3S2/c21-15-7-5-13(6-8-15)10-24-17-11-29(26,27)12-18(17)28-20(24)23-19(25)9-14-3-1-2-4-16(14)22/h1-8,17-18H,9-12H2/t17-,18-/m0/s1. The third-order valence-corrected chi connectivity index (χ3v) is 8.83. The van der Waals surface area contributed by atoms with E-state index in [2.05, 4.69) is 4.99 Å². The van der Waals surface area contributed by atoms with Gasteiger partial charge in [-0.3, -0.25) is 4.79 Å². The van der Waals surface area contributed by atoms with Gasteiger partial charge in [-0.1, -0.05) is 65.3 Å². The van der Waals surface area contributed by atoms with Crippen molar-refractivity contribution in [2.45, 2.75) is 24.3 Å². The van der Waals surface area contributed by atoms with Crippen LogP contribution in [0.4, 0.5) is 0 Å². The summed E-state index contributed by atoms with van der Waals surface area (Å²) in [7, 11) is -3.08. The number of hydrogen-bond donors (Lipinski definition) is 0. The number of sulfone groups is 1. The van der Waals surface area contributed by atoms with Crippen molar-refractivity contribution < 1.29 is 13.2 Å². The summed E-state index contributed by atoms with van der Waals surface area (Å²) in [4.78, 5) is 18.9. The number of aliphatic imine (C=N–C) groups is 1. The molecule has 0 aliphatic carbocycles.